The lowest BCUT2D eigenvalue weighted by molar-refractivity contribution is -0.0592. The van der Waals surface area contributed by atoms with E-state index in [9.17, 15) is 17.6 Å². The van der Waals surface area contributed by atoms with E-state index in [4.69, 9.17) is 0 Å². The number of rotatable bonds is 8. The molecule has 0 saturated heterocycles. The number of alkyl halides is 3. The number of nitrogens with zero attached hydrogens (tertiary/aromatic N) is 3. The van der Waals surface area contributed by atoms with Crippen LogP contribution in [0.15, 0.2) is 65.2 Å². The highest BCUT2D eigenvalue weighted by Crippen LogP contribution is 2.23. The lowest BCUT2D eigenvalue weighted by Crippen LogP contribution is -2.23. The quantitative estimate of drug-likeness (QED) is 0.443. The maximum atomic E-state index is 14.3. The first-order chi connectivity index (χ1) is 14.3. The average molecular weight is 436 g/mol. The third-order valence-electron chi connectivity index (χ3n) is 4.44. The molecule has 1 aliphatic heterocycles. The molecule has 1 heterocycles. The highest BCUT2D eigenvalue weighted by atomic mass is 32.2. The molecule has 0 atom stereocenters. The molecule has 4 nitrogen and oxygen atoms in total. The van der Waals surface area contributed by atoms with E-state index in [0.717, 1.165) is 5.56 Å². The zero-order valence-corrected chi connectivity index (χ0v) is 17.0. The Kier molecular flexibility index (Phi) is 6.94. The summed E-state index contributed by atoms with van der Waals surface area (Å²) >= 11 is 1.48. The first-order valence-electron chi connectivity index (χ1n) is 9.03. The van der Waals surface area contributed by atoms with Crippen molar-refractivity contribution in [2.75, 3.05) is 18.1 Å². The summed E-state index contributed by atoms with van der Waals surface area (Å²) in [5.41, 5.74) is 1.78. The summed E-state index contributed by atoms with van der Waals surface area (Å²) < 4.78 is 54.5. The van der Waals surface area contributed by atoms with Gasteiger partial charge in [0.25, 0.3) is 0 Å². The molecule has 0 fully saturated rings. The molecule has 1 N–H and O–H groups in total. The van der Waals surface area contributed by atoms with Crippen LogP contribution in [0.2, 0.25) is 0 Å². The van der Waals surface area contributed by atoms with E-state index in [2.05, 4.69) is 21.9 Å². The van der Waals surface area contributed by atoms with Gasteiger partial charge in [0.2, 0.25) is 0 Å². The van der Waals surface area contributed by atoms with Gasteiger partial charge in [-0.15, -0.1) is 0 Å². The van der Waals surface area contributed by atoms with Crippen molar-refractivity contribution in [3.8, 4) is 0 Å². The third kappa shape index (κ3) is 5.48. The maximum Gasteiger partial charge on any atom is 0.431 e. The Bertz CT molecular complexity index is 968. The molecule has 0 amide bonds. The predicted octanol–water partition coefficient (Wildman–Crippen LogP) is 5.42. The number of halogens is 4. The standard InChI is InChI=1S/C21H20F4N4S/c1-3-26-17-9-8-16(18(22)10-17)13-29(30-2)12-14-4-6-15(7-5-14)20-27-11-19(28-20)21(23,24)25/h3-10,26H,1,11-13H2,2H3. The van der Waals surface area contributed by atoms with Crippen molar-refractivity contribution in [1.82, 2.24) is 4.31 Å². The molecule has 0 saturated carbocycles. The monoisotopic (exact) mass is 436 g/mol. The van der Waals surface area contributed by atoms with E-state index in [1.807, 2.05) is 22.7 Å². The van der Waals surface area contributed by atoms with Crippen LogP contribution < -0.4 is 5.32 Å². The van der Waals surface area contributed by atoms with Crippen molar-refractivity contribution in [2.45, 2.75) is 19.3 Å². The van der Waals surface area contributed by atoms with Gasteiger partial charge >= 0.3 is 6.18 Å². The van der Waals surface area contributed by atoms with Crippen molar-refractivity contribution >= 4 is 29.2 Å². The summed E-state index contributed by atoms with van der Waals surface area (Å²) in [7, 11) is 0. The van der Waals surface area contributed by atoms with Crippen LogP contribution in [0.4, 0.5) is 23.2 Å². The van der Waals surface area contributed by atoms with Crippen LogP contribution in [0.1, 0.15) is 16.7 Å². The smallest absolute Gasteiger partial charge is 0.362 e. The third-order valence-corrected chi connectivity index (χ3v) is 5.22. The predicted molar refractivity (Wildman–Crippen MR) is 114 cm³/mol. The minimum absolute atomic E-state index is 0.0888. The largest absolute Gasteiger partial charge is 0.431 e. The highest BCUT2D eigenvalue weighted by Gasteiger charge is 2.37. The van der Waals surface area contributed by atoms with Gasteiger partial charge in [-0.3, -0.25) is 4.99 Å². The second kappa shape index (κ2) is 9.44. The molecule has 1 aliphatic rings. The van der Waals surface area contributed by atoms with Crippen molar-refractivity contribution in [1.29, 1.82) is 0 Å². The number of nitrogens with one attached hydrogen (secondary N) is 1. The minimum Gasteiger partial charge on any atom is -0.362 e. The maximum absolute atomic E-state index is 14.3. The van der Waals surface area contributed by atoms with Crippen molar-refractivity contribution in [3.63, 3.8) is 0 Å². The Balaban J connectivity index is 1.65. The normalized spacial score (nSPS) is 13.9. The van der Waals surface area contributed by atoms with E-state index >= 15 is 0 Å². The summed E-state index contributed by atoms with van der Waals surface area (Å²) in [4.78, 5) is 7.47. The topological polar surface area (TPSA) is 40.0 Å². The zero-order chi connectivity index (χ0) is 21.7. The summed E-state index contributed by atoms with van der Waals surface area (Å²) in [6, 6.07) is 12.0. The number of amidine groups is 1. The molecule has 0 radical (unpaired) electrons. The van der Waals surface area contributed by atoms with Gasteiger partial charge in [-0.05, 0) is 30.2 Å². The molecule has 0 aliphatic carbocycles. The number of aliphatic imine (C=N–C) groups is 2. The van der Waals surface area contributed by atoms with Gasteiger partial charge in [-0.1, -0.05) is 48.9 Å². The lowest BCUT2D eigenvalue weighted by atomic mass is 10.1. The van der Waals surface area contributed by atoms with Gasteiger partial charge in [-0.2, -0.15) is 13.2 Å². The molecule has 30 heavy (non-hydrogen) atoms. The SMILES string of the molecule is C=CNc1ccc(CN(Cc2ccc(C3=NCC(C(F)(F)F)=N3)cc2)SC)c(F)c1. The molecular weight excluding hydrogens is 416 g/mol. The Morgan fingerprint density at radius 3 is 2.47 bits per heavy atom. The Morgan fingerprint density at radius 1 is 1.17 bits per heavy atom. The van der Waals surface area contributed by atoms with Gasteiger partial charge < -0.3 is 5.32 Å². The fourth-order valence-electron chi connectivity index (χ4n) is 2.88. The summed E-state index contributed by atoms with van der Waals surface area (Å²) in [6.45, 7) is 4.04. The average Bonchev–Trinajstić information content (AvgIpc) is 3.21. The molecule has 3 rings (SSSR count). The number of hydrogen-bond acceptors (Lipinski definition) is 5. The highest BCUT2D eigenvalue weighted by molar-refractivity contribution is 7.96. The van der Waals surface area contributed by atoms with E-state index in [1.165, 1.54) is 24.2 Å². The number of benzene rings is 2. The Labute approximate surface area is 176 Å². The summed E-state index contributed by atoms with van der Waals surface area (Å²) in [5.74, 6) is -0.222. The van der Waals surface area contributed by atoms with Crippen LogP contribution in [0.3, 0.4) is 0 Å². The second-order valence-corrected chi connectivity index (χ2v) is 7.41. The van der Waals surface area contributed by atoms with Gasteiger partial charge in [0.1, 0.15) is 11.5 Å². The molecule has 9 heteroatoms. The van der Waals surface area contributed by atoms with Gasteiger partial charge in [-0.25, -0.2) is 13.7 Å². The first kappa shape index (κ1) is 22.0. The van der Waals surface area contributed by atoms with Crippen molar-refractivity contribution < 1.29 is 17.6 Å². The van der Waals surface area contributed by atoms with Gasteiger partial charge in [0.15, 0.2) is 5.84 Å². The van der Waals surface area contributed by atoms with Crippen LogP contribution in [-0.2, 0) is 13.1 Å². The first-order valence-corrected chi connectivity index (χ1v) is 10.2. The van der Waals surface area contributed by atoms with Crippen LogP contribution in [0, 0.1) is 5.82 Å². The molecule has 2 aromatic carbocycles. The Hall–Kier alpha value is -2.65. The Morgan fingerprint density at radius 2 is 1.90 bits per heavy atom. The number of hydrogen-bond donors (Lipinski definition) is 1. The lowest BCUT2D eigenvalue weighted by Gasteiger charge is -2.20. The van der Waals surface area contributed by atoms with E-state index in [1.54, 1.807) is 24.3 Å². The summed E-state index contributed by atoms with van der Waals surface area (Å²) in [5, 5.41) is 2.85. The van der Waals surface area contributed by atoms with Crippen LogP contribution >= 0.6 is 11.9 Å². The molecule has 0 aromatic heterocycles. The fraction of sp³-hybridized carbons (Fsp3) is 0.238. The second-order valence-electron chi connectivity index (χ2n) is 6.53. The molecule has 0 unspecified atom stereocenters. The fourth-order valence-corrected chi connectivity index (χ4v) is 3.42. The summed E-state index contributed by atoms with van der Waals surface area (Å²) in [6.07, 6.45) is -1.07. The minimum atomic E-state index is -4.46. The van der Waals surface area contributed by atoms with E-state index < -0.39 is 18.4 Å². The van der Waals surface area contributed by atoms with Crippen LogP contribution in [-0.4, -0.2) is 34.8 Å². The van der Waals surface area contributed by atoms with Crippen molar-refractivity contribution in [2.24, 2.45) is 9.98 Å². The van der Waals surface area contributed by atoms with Crippen LogP contribution in [0.5, 0.6) is 0 Å². The molecular formula is C21H20F4N4S. The molecule has 2 aromatic rings. The molecule has 0 bridgehead atoms. The van der Waals surface area contributed by atoms with Crippen LogP contribution in [0.25, 0.3) is 0 Å². The van der Waals surface area contributed by atoms with Crippen molar-refractivity contribution in [3.05, 3.63) is 77.8 Å². The molecule has 158 valence electrons. The van der Waals surface area contributed by atoms with Gasteiger partial charge in [0.05, 0.1) is 6.54 Å². The van der Waals surface area contributed by atoms with Gasteiger partial charge in [0, 0.05) is 29.9 Å². The van der Waals surface area contributed by atoms with E-state index in [-0.39, 0.29) is 11.7 Å². The molecule has 0 spiro atoms. The number of anilines is 1. The van der Waals surface area contributed by atoms with E-state index in [0.29, 0.717) is 29.9 Å². The zero-order valence-electron chi connectivity index (χ0n) is 16.2.